The standard InChI is InChI=1S/C26H28FN3O4S/c1-3-17-15-28-26(29-16-17)34-21-9-7-20(8-10-21)30-25(31)23-13-6-19(14-24(23)27)18-4-11-22(12-5-18)35(2,32)33/h4-6,11-16,20-21H,3,7-10H2,1-2H3,(H,30,31). The Labute approximate surface area is 204 Å². The summed E-state index contributed by atoms with van der Waals surface area (Å²) in [6.45, 7) is 2.04. The van der Waals surface area contributed by atoms with Crippen molar-refractivity contribution in [3.63, 3.8) is 0 Å². The van der Waals surface area contributed by atoms with E-state index >= 15 is 0 Å². The van der Waals surface area contributed by atoms with Crippen molar-refractivity contribution in [3.8, 4) is 17.1 Å². The van der Waals surface area contributed by atoms with Crippen LogP contribution < -0.4 is 10.1 Å². The molecule has 1 aromatic heterocycles. The van der Waals surface area contributed by atoms with Gasteiger partial charge in [0.1, 0.15) is 11.9 Å². The Balaban J connectivity index is 1.33. The highest BCUT2D eigenvalue weighted by atomic mass is 32.2. The van der Waals surface area contributed by atoms with Gasteiger partial charge < -0.3 is 10.1 Å². The maximum Gasteiger partial charge on any atom is 0.316 e. The molecule has 3 aromatic rings. The van der Waals surface area contributed by atoms with Gasteiger partial charge in [0.25, 0.3) is 5.91 Å². The fraction of sp³-hybridized carbons (Fsp3) is 0.346. The van der Waals surface area contributed by atoms with Crippen LogP contribution in [0.5, 0.6) is 6.01 Å². The van der Waals surface area contributed by atoms with Crippen LogP contribution in [0.2, 0.25) is 0 Å². The van der Waals surface area contributed by atoms with Gasteiger partial charge in [-0.1, -0.05) is 25.1 Å². The number of aryl methyl sites for hydroxylation is 1. The number of rotatable bonds is 7. The lowest BCUT2D eigenvalue weighted by atomic mass is 9.92. The van der Waals surface area contributed by atoms with E-state index in [0.29, 0.717) is 17.1 Å². The van der Waals surface area contributed by atoms with Gasteiger partial charge in [-0.2, -0.15) is 0 Å². The number of carbonyl (C=O) groups is 1. The molecule has 1 amide bonds. The summed E-state index contributed by atoms with van der Waals surface area (Å²) in [5.41, 5.74) is 2.25. The second kappa shape index (κ2) is 10.5. The van der Waals surface area contributed by atoms with Crippen LogP contribution in [0.3, 0.4) is 0 Å². The minimum absolute atomic E-state index is 0.0132. The molecule has 7 nitrogen and oxygen atoms in total. The number of nitrogens with one attached hydrogen (secondary N) is 1. The Morgan fingerprint density at radius 1 is 1.03 bits per heavy atom. The number of hydrogen-bond acceptors (Lipinski definition) is 6. The minimum atomic E-state index is -3.31. The molecule has 1 saturated carbocycles. The summed E-state index contributed by atoms with van der Waals surface area (Å²) in [7, 11) is -3.31. The molecular weight excluding hydrogens is 469 g/mol. The third-order valence-electron chi connectivity index (χ3n) is 6.20. The van der Waals surface area contributed by atoms with Crippen molar-refractivity contribution in [3.05, 3.63) is 71.8 Å². The third-order valence-corrected chi connectivity index (χ3v) is 7.33. The zero-order valence-corrected chi connectivity index (χ0v) is 20.5. The molecule has 35 heavy (non-hydrogen) atoms. The van der Waals surface area contributed by atoms with E-state index in [1.807, 2.05) is 6.92 Å². The average Bonchev–Trinajstić information content (AvgIpc) is 2.85. The zero-order chi connectivity index (χ0) is 25.0. The number of carbonyl (C=O) groups excluding carboxylic acids is 1. The van der Waals surface area contributed by atoms with Crippen LogP contribution in [-0.2, 0) is 16.3 Å². The minimum Gasteiger partial charge on any atom is -0.460 e. The number of aromatic nitrogens is 2. The van der Waals surface area contributed by atoms with E-state index in [9.17, 15) is 17.6 Å². The van der Waals surface area contributed by atoms with E-state index in [1.54, 1.807) is 30.6 Å². The van der Waals surface area contributed by atoms with Crippen molar-refractivity contribution in [1.82, 2.24) is 15.3 Å². The number of halogens is 1. The highest BCUT2D eigenvalue weighted by molar-refractivity contribution is 7.90. The summed E-state index contributed by atoms with van der Waals surface area (Å²) in [6, 6.07) is 10.9. The largest absolute Gasteiger partial charge is 0.460 e. The smallest absolute Gasteiger partial charge is 0.316 e. The fourth-order valence-electron chi connectivity index (χ4n) is 4.10. The van der Waals surface area contributed by atoms with Crippen molar-refractivity contribution in [2.45, 2.75) is 56.1 Å². The van der Waals surface area contributed by atoms with Gasteiger partial charge in [0, 0.05) is 24.7 Å². The number of hydrogen-bond donors (Lipinski definition) is 1. The molecule has 0 radical (unpaired) electrons. The molecule has 9 heteroatoms. The molecule has 1 heterocycles. The zero-order valence-electron chi connectivity index (χ0n) is 19.7. The molecular formula is C26H28FN3O4S. The van der Waals surface area contributed by atoms with E-state index in [0.717, 1.165) is 43.9 Å². The molecule has 0 spiro atoms. The summed E-state index contributed by atoms with van der Waals surface area (Å²) in [6.07, 6.45) is 8.44. The van der Waals surface area contributed by atoms with Crippen LogP contribution in [0, 0.1) is 5.82 Å². The van der Waals surface area contributed by atoms with Crippen molar-refractivity contribution < 1.29 is 22.3 Å². The van der Waals surface area contributed by atoms with Crippen LogP contribution >= 0.6 is 0 Å². The summed E-state index contributed by atoms with van der Waals surface area (Å²) < 4.78 is 43.9. The number of ether oxygens (including phenoxy) is 1. The van der Waals surface area contributed by atoms with Crippen molar-refractivity contribution in [1.29, 1.82) is 0 Å². The van der Waals surface area contributed by atoms with Crippen molar-refractivity contribution in [2.24, 2.45) is 0 Å². The maximum atomic E-state index is 14.8. The van der Waals surface area contributed by atoms with Gasteiger partial charge in [-0.15, -0.1) is 0 Å². The van der Waals surface area contributed by atoms with Crippen LogP contribution in [0.15, 0.2) is 59.8 Å². The number of benzene rings is 2. The SMILES string of the molecule is CCc1cnc(OC2CCC(NC(=O)c3ccc(-c4ccc(S(C)(=O)=O)cc4)cc3F)CC2)nc1. The Kier molecular flexibility index (Phi) is 7.45. The van der Waals surface area contributed by atoms with Crippen molar-refractivity contribution >= 4 is 15.7 Å². The summed E-state index contributed by atoms with van der Waals surface area (Å²) in [5, 5.41) is 2.93. The molecule has 184 valence electrons. The lowest BCUT2D eigenvalue weighted by molar-refractivity contribution is 0.0881. The molecule has 0 atom stereocenters. The third kappa shape index (κ3) is 6.22. The summed E-state index contributed by atoms with van der Waals surface area (Å²) >= 11 is 0. The molecule has 4 rings (SSSR count). The van der Waals surface area contributed by atoms with Crippen LogP contribution in [-0.4, -0.2) is 42.7 Å². The Hall–Kier alpha value is -3.33. The van der Waals surface area contributed by atoms with E-state index < -0.39 is 21.6 Å². The molecule has 1 aliphatic carbocycles. The molecule has 0 bridgehead atoms. The first-order chi connectivity index (χ1) is 16.7. The van der Waals surface area contributed by atoms with Gasteiger partial charge >= 0.3 is 6.01 Å². The lowest BCUT2D eigenvalue weighted by Crippen LogP contribution is -2.40. The van der Waals surface area contributed by atoms with E-state index in [2.05, 4.69) is 15.3 Å². The van der Waals surface area contributed by atoms with Gasteiger partial charge in [0.05, 0.1) is 10.5 Å². The average molecular weight is 498 g/mol. The highest BCUT2D eigenvalue weighted by Crippen LogP contribution is 2.25. The Bertz CT molecular complexity index is 1290. The first-order valence-corrected chi connectivity index (χ1v) is 13.5. The van der Waals surface area contributed by atoms with Gasteiger partial charge in [0.15, 0.2) is 9.84 Å². The number of sulfone groups is 1. The molecule has 0 unspecified atom stereocenters. The van der Waals surface area contributed by atoms with Gasteiger partial charge in [-0.25, -0.2) is 22.8 Å². The maximum absolute atomic E-state index is 14.8. The van der Waals surface area contributed by atoms with Crippen molar-refractivity contribution in [2.75, 3.05) is 6.26 Å². The van der Waals surface area contributed by atoms with E-state index in [1.165, 1.54) is 24.3 Å². The predicted molar refractivity (Wildman–Crippen MR) is 130 cm³/mol. The first-order valence-electron chi connectivity index (χ1n) is 11.6. The molecule has 2 aromatic carbocycles. The number of amides is 1. The molecule has 1 N–H and O–H groups in total. The first kappa shape index (κ1) is 24.8. The second-order valence-corrected chi connectivity index (χ2v) is 10.8. The second-order valence-electron chi connectivity index (χ2n) is 8.78. The fourth-order valence-corrected chi connectivity index (χ4v) is 4.73. The number of nitrogens with zero attached hydrogens (tertiary/aromatic N) is 2. The molecule has 0 saturated heterocycles. The Morgan fingerprint density at radius 3 is 2.23 bits per heavy atom. The topological polar surface area (TPSA) is 98.2 Å². The Morgan fingerprint density at radius 2 is 1.66 bits per heavy atom. The van der Waals surface area contributed by atoms with Crippen LogP contribution in [0.4, 0.5) is 4.39 Å². The van der Waals surface area contributed by atoms with Gasteiger partial charge in [-0.05, 0) is 73.1 Å². The quantitative estimate of drug-likeness (QED) is 0.521. The lowest BCUT2D eigenvalue weighted by Gasteiger charge is -2.29. The highest BCUT2D eigenvalue weighted by Gasteiger charge is 2.25. The van der Waals surface area contributed by atoms with E-state index in [4.69, 9.17) is 4.74 Å². The molecule has 1 fully saturated rings. The monoisotopic (exact) mass is 497 g/mol. The van der Waals surface area contributed by atoms with Gasteiger partial charge in [0.2, 0.25) is 0 Å². The summed E-state index contributed by atoms with van der Waals surface area (Å²) in [4.78, 5) is 21.4. The van der Waals surface area contributed by atoms with Crippen LogP contribution in [0.1, 0.15) is 48.5 Å². The summed E-state index contributed by atoms with van der Waals surface area (Å²) in [5.74, 6) is -1.08. The normalized spacial score (nSPS) is 18.1. The van der Waals surface area contributed by atoms with E-state index in [-0.39, 0.29) is 22.6 Å². The van der Waals surface area contributed by atoms with Gasteiger partial charge in [-0.3, -0.25) is 4.79 Å². The predicted octanol–water partition coefficient (Wildman–Crippen LogP) is 4.37. The molecule has 0 aliphatic heterocycles. The molecule has 1 aliphatic rings. The van der Waals surface area contributed by atoms with Crippen LogP contribution in [0.25, 0.3) is 11.1 Å².